The van der Waals surface area contributed by atoms with Gasteiger partial charge in [0.05, 0.1) is 18.9 Å². The molecule has 7 aliphatic rings. The van der Waals surface area contributed by atoms with Crippen molar-refractivity contribution in [2.75, 3.05) is 33.8 Å². The van der Waals surface area contributed by atoms with Crippen molar-refractivity contribution in [3.05, 3.63) is 35.5 Å². The smallest absolute Gasteiger partial charge is 0.350 e. The van der Waals surface area contributed by atoms with Gasteiger partial charge >= 0.3 is 5.97 Å². The van der Waals surface area contributed by atoms with E-state index < -0.39 is 29.0 Å². The van der Waals surface area contributed by atoms with E-state index in [-0.39, 0.29) is 54.9 Å². The summed E-state index contributed by atoms with van der Waals surface area (Å²) in [6, 6.07) is 0.0875. The summed E-state index contributed by atoms with van der Waals surface area (Å²) in [5, 5.41) is 17.8. The highest BCUT2D eigenvalue weighted by Gasteiger charge is 2.86. The van der Waals surface area contributed by atoms with Crippen molar-refractivity contribution in [1.82, 2.24) is 26.6 Å². The van der Waals surface area contributed by atoms with E-state index in [0.717, 1.165) is 70.0 Å². The van der Waals surface area contributed by atoms with Crippen LogP contribution in [0.15, 0.2) is 40.4 Å². The summed E-state index contributed by atoms with van der Waals surface area (Å²) in [6.45, 7) is 6.02. The minimum absolute atomic E-state index is 0.0191. The number of nitrogens with two attached hydrogens (primary N) is 1. The van der Waals surface area contributed by atoms with Crippen LogP contribution in [0.1, 0.15) is 90.9 Å². The fourth-order valence-corrected chi connectivity index (χ4v) is 10.9. The zero-order chi connectivity index (χ0) is 37.3. The number of Topliss-reactive ketones (excluding diaryl/α,β-unsaturated/α-hetero) is 2. The van der Waals surface area contributed by atoms with Gasteiger partial charge in [0.15, 0.2) is 23.1 Å². The van der Waals surface area contributed by atoms with Gasteiger partial charge in [0.2, 0.25) is 0 Å². The Labute approximate surface area is 315 Å². The summed E-state index contributed by atoms with van der Waals surface area (Å²) in [6.07, 6.45) is 19.3. The lowest BCUT2D eigenvalue weighted by Gasteiger charge is -2.47. The highest BCUT2D eigenvalue weighted by Crippen LogP contribution is 2.61. The maximum Gasteiger partial charge on any atom is 0.350 e. The summed E-state index contributed by atoms with van der Waals surface area (Å²) in [4.78, 5) is 47.4. The van der Waals surface area contributed by atoms with Crippen LogP contribution in [0.2, 0.25) is 0 Å². The van der Waals surface area contributed by atoms with Crippen molar-refractivity contribution in [3.8, 4) is 0 Å². The lowest BCUT2D eigenvalue weighted by Crippen LogP contribution is -2.65. The topological polar surface area (TPSA) is 171 Å². The SMILES string of the molecule is CCNC1C=C2C=CCCC2CC1COC(=O)C12OC1(CC=C(C)CC(NC(N)=NC)C1CCNC3NC(NC)CCC31)C(=O)C1CCCCC1C2=O. The third kappa shape index (κ3) is 7.19. The molecule has 3 aliphatic heterocycles. The van der Waals surface area contributed by atoms with Crippen LogP contribution in [0.25, 0.3) is 0 Å². The molecular formula is C41H63N7O5. The Kier molecular flexibility index (Phi) is 11.6. The van der Waals surface area contributed by atoms with E-state index in [9.17, 15) is 14.4 Å². The van der Waals surface area contributed by atoms with Gasteiger partial charge in [-0.3, -0.25) is 19.9 Å². The average molecular weight is 734 g/mol. The van der Waals surface area contributed by atoms with Crippen LogP contribution in [0.3, 0.4) is 0 Å². The molecule has 3 saturated heterocycles. The molecule has 12 unspecified atom stereocenters. The molecule has 0 bridgehead atoms. The van der Waals surface area contributed by atoms with Gasteiger partial charge in [0, 0.05) is 43.3 Å². The summed E-state index contributed by atoms with van der Waals surface area (Å²) in [5.41, 5.74) is 5.31. The number of ether oxygens (including phenoxy) is 2. The minimum atomic E-state index is -1.87. The number of allylic oxidation sites excluding steroid dienone is 3. The molecule has 12 atom stereocenters. The fourth-order valence-electron chi connectivity index (χ4n) is 10.9. The molecule has 5 fully saturated rings. The molecule has 3 heterocycles. The van der Waals surface area contributed by atoms with Gasteiger partial charge in [-0.05, 0) is 108 Å². The molecule has 12 nitrogen and oxygen atoms in total. The van der Waals surface area contributed by atoms with Gasteiger partial charge in [-0.25, -0.2) is 4.79 Å². The van der Waals surface area contributed by atoms with Gasteiger partial charge in [0.25, 0.3) is 5.60 Å². The highest BCUT2D eigenvalue weighted by molar-refractivity contribution is 6.23. The Bertz CT molecular complexity index is 1530. The third-order valence-corrected chi connectivity index (χ3v) is 13.8. The molecule has 7 N–H and O–H groups in total. The fraction of sp³-hybridized carbons (Fsp3) is 0.756. The number of epoxide rings is 1. The molecule has 0 aromatic heterocycles. The number of ketones is 2. The van der Waals surface area contributed by atoms with Crippen LogP contribution in [0.4, 0.5) is 0 Å². The Hall–Kier alpha value is -2.90. The van der Waals surface area contributed by atoms with Crippen LogP contribution < -0.4 is 32.3 Å². The molecule has 292 valence electrons. The number of carbonyl (C=O) groups is 3. The lowest BCUT2D eigenvalue weighted by molar-refractivity contribution is -0.160. The Morgan fingerprint density at radius 3 is 2.70 bits per heavy atom. The van der Waals surface area contributed by atoms with E-state index in [1.54, 1.807) is 7.05 Å². The maximum atomic E-state index is 14.5. The normalized spacial score (nSPS) is 40.2. The van der Waals surface area contributed by atoms with E-state index in [2.05, 4.69) is 63.7 Å². The van der Waals surface area contributed by atoms with Crippen LogP contribution in [-0.4, -0.2) is 92.9 Å². The molecular weight excluding hydrogens is 670 g/mol. The molecule has 2 saturated carbocycles. The molecule has 53 heavy (non-hydrogen) atoms. The monoisotopic (exact) mass is 733 g/mol. The van der Waals surface area contributed by atoms with Crippen molar-refractivity contribution < 1.29 is 23.9 Å². The molecule has 0 radical (unpaired) electrons. The predicted octanol–water partition coefficient (Wildman–Crippen LogP) is 3.00. The first kappa shape index (κ1) is 38.4. The summed E-state index contributed by atoms with van der Waals surface area (Å²) >= 11 is 0. The maximum absolute atomic E-state index is 14.5. The van der Waals surface area contributed by atoms with E-state index >= 15 is 0 Å². The number of aliphatic imine (C=N–C) groups is 1. The van der Waals surface area contributed by atoms with Crippen LogP contribution >= 0.6 is 0 Å². The van der Waals surface area contributed by atoms with Crippen LogP contribution in [0.5, 0.6) is 0 Å². The van der Waals surface area contributed by atoms with Crippen molar-refractivity contribution in [2.24, 2.45) is 46.2 Å². The number of rotatable bonds is 12. The van der Waals surface area contributed by atoms with Crippen LogP contribution in [0, 0.1) is 35.5 Å². The number of hydrogen-bond acceptors (Lipinski definition) is 10. The molecule has 7 rings (SSSR count). The van der Waals surface area contributed by atoms with Crippen molar-refractivity contribution in [2.45, 2.75) is 127 Å². The minimum Gasteiger partial charge on any atom is -0.463 e. The standard InChI is InChI=1S/C41H63N7O5/c1-5-45-32-22-26-11-7-6-10-25(26)21-27(32)23-52-38(51)41-36(50)30-13-9-8-12-29(30)35(49)40(41,53-41)18-16-24(2)20-33(47-39(42)44-4)28-17-19-46-37-31(28)14-15-34(43-3)48-37/h7,11,16,22,25,27-34,37,43,45-46,48H,5-6,8-10,12-15,17-21,23H2,1-4H3,(H3,42,44,47). The molecule has 0 spiro atoms. The van der Waals surface area contributed by atoms with Gasteiger partial charge < -0.3 is 36.5 Å². The molecule has 0 aromatic rings. The van der Waals surface area contributed by atoms with Gasteiger partial charge in [-0.1, -0.05) is 49.6 Å². The van der Waals surface area contributed by atoms with E-state index in [1.165, 1.54) is 5.57 Å². The number of esters is 1. The first-order valence-electron chi connectivity index (χ1n) is 20.5. The Morgan fingerprint density at radius 2 is 1.94 bits per heavy atom. The van der Waals surface area contributed by atoms with Crippen LogP contribution in [-0.2, 0) is 23.9 Å². The molecule has 0 aromatic carbocycles. The number of nitrogens with one attached hydrogen (secondary N) is 5. The highest BCUT2D eigenvalue weighted by atomic mass is 16.7. The molecule has 12 heteroatoms. The number of carbonyl (C=O) groups excluding carboxylic acids is 3. The zero-order valence-electron chi connectivity index (χ0n) is 32.3. The lowest BCUT2D eigenvalue weighted by atomic mass is 9.61. The quantitative estimate of drug-likeness (QED) is 0.0435. The van der Waals surface area contributed by atoms with Crippen molar-refractivity contribution >= 4 is 23.5 Å². The first-order valence-corrected chi connectivity index (χ1v) is 20.5. The zero-order valence-corrected chi connectivity index (χ0v) is 32.3. The second kappa shape index (κ2) is 16.1. The summed E-state index contributed by atoms with van der Waals surface area (Å²) in [7, 11) is 3.68. The number of hydrogen-bond donors (Lipinski definition) is 6. The van der Waals surface area contributed by atoms with Gasteiger partial charge in [0.1, 0.15) is 0 Å². The predicted molar refractivity (Wildman–Crippen MR) is 205 cm³/mol. The van der Waals surface area contributed by atoms with E-state index in [1.807, 2.05) is 13.1 Å². The first-order chi connectivity index (χ1) is 25.6. The second-order valence-corrected chi connectivity index (χ2v) is 16.8. The number of likely N-dealkylation sites (N-methyl/N-ethyl adjacent to an activating group) is 1. The molecule has 4 aliphatic carbocycles. The number of piperidine rings is 2. The van der Waals surface area contributed by atoms with Gasteiger partial charge in [-0.15, -0.1) is 0 Å². The second-order valence-electron chi connectivity index (χ2n) is 16.8. The van der Waals surface area contributed by atoms with Gasteiger partial charge in [-0.2, -0.15) is 0 Å². The molecule has 0 amide bonds. The number of nitrogens with zero attached hydrogens (tertiary/aromatic N) is 1. The number of guanidine groups is 1. The third-order valence-electron chi connectivity index (χ3n) is 13.8. The Balaban J connectivity index is 1.10. The summed E-state index contributed by atoms with van der Waals surface area (Å²) in [5.74, 6) is -0.272. The van der Waals surface area contributed by atoms with E-state index in [0.29, 0.717) is 43.0 Å². The van der Waals surface area contributed by atoms with E-state index in [4.69, 9.17) is 15.2 Å². The Morgan fingerprint density at radius 1 is 1.15 bits per heavy atom. The van der Waals surface area contributed by atoms with Crippen molar-refractivity contribution in [1.29, 1.82) is 0 Å². The number of fused-ring (bicyclic) bond motifs is 4. The summed E-state index contributed by atoms with van der Waals surface area (Å²) < 4.78 is 12.5. The van der Waals surface area contributed by atoms with Crippen molar-refractivity contribution in [3.63, 3.8) is 0 Å². The average Bonchev–Trinajstić information content (AvgIpc) is 3.89. The largest absolute Gasteiger partial charge is 0.463 e.